The van der Waals surface area contributed by atoms with E-state index in [9.17, 15) is 14.9 Å². The zero-order chi connectivity index (χ0) is 14.7. The predicted molar refractivity (Wildman–Crippen MR) is 66.7 cm³/mol. The van der Waals surface area contributed by atoms with Gasteiger partial charge in [-0.1, -0.05) is 0 Å². The van der Waals surface area contributed by atoms with Crippen LogP contribution in [-0.2, 0) is 6.42 Å². The topological polar surface area (TPSA) is 152 Å². The summed E-state index contributed by atoms with van der Waals surface area (Å²) < 4.78 is 5.08. The monoisotopic (exact) mass is 275 g/mol. The fourth-order valence-corrected chi connectivity index (χ4v) is 1.76. The van der Waals surface area contributed by atoms with Crippen molar-refractivity contribution in [2.45, 2.75) is 12.3 Å². The molecule has 9 heteroatoms. The molecule has 2 heterocycles. The largest absolute Gasteiger partial charge is 0.469 e. The maximum atomic E-state index is 11.6. The summed E-state index contributed by atoms with van der Waals surface area (Å²) in [7, 11) is 0. The summed E-state index contributed by atoms with van der Waals surface area (Å²) in [5, 5.41) is 20.1. The Balaban J connectivity index is 2.52. The van der Waals surface area contributed by atoms with Crippen molar-refractivity contribution in [2.75, 3.05) is 5.73 Å². The fourth-order valence-electron chi connectivity index (χ4n) is 1.76. The average Bonchev–Trinajstić information content (AvgIpc) is 2.87. The molecule has 1 atom stereocenters. The van der Waals surface area contributed by atoms with Crippen LogP contribution in [0.3, 0.4) is 0 Å². The van der Waals surface area contributed by atoms with E-state index < -0.39 is 22.1 Å². The van der Waals surface area contributed by atoms with Gasteiger partial charge in [0, 0.05) is 6.42 Å². The minimum Gasteiger partial charge on any atom is -0.469 e. The van der Waals surface area contributed by atoms with Crippen LogP contribution in [-0.4, -0.2) is 14.9 Å². The number of nitrogens with two attached hydrogens (primary N) is 1. The van der Waals surface area contributed by atoms with Crippen molar-refractivity contribution in [1.29, 1.82) is 5.26 Å². The molecule has 0 fully saturated rings. The second-order valence-electron chi connectivity index (χ2n) is 3.91. The Labute approximate surface area is 111 Å². The number of nitriles is 1. The van der Waals surface area contributed by atoms with E-state index in [-0.39, 0.29) is 18.1 Å². The molecule has 0 bridgehead atoms. The van der Waals surface area contributed by atoms with Crippen molar-refractivity contribution in [2.24, 2.45) is 0 Å². The standard InChI is InChI=1S/C11H9N5O4/c12-5-6(4-7-2-1-3-20-7)8-9(16(18)19)10(17)15-11(13)14-8/h1-3,6H,4H2,(H3,13,14,15,17). The van der Waals surface area contributed by atoms with Gasteiger partial charge in [0.2, 0.25) is 5.95 Å². The Morgan fingerprint density at radius 1 is 1.65 bits per heavy atom. The van der Waals surface area contributed by atoms with E-state index in [1.165, 1.54) is 6.26 Å². The molecule has 2 rings (SSSR count). The highest BCUT2D eigenvalue weighted by Gasteiger charge is 2.29. The van der Waals surface area contributed by atoms with E-state index in [4.69, 9.17) is 15.4 Å². The lowest BCUT2D eigenvalue weighted by Gasteiger charge is -2.07. The van der Waals surface area contributed by atoms with Crippen LogP contribution in [0.25, 0.3) is 0 Å². The van der Waals surface area contributed by atoms with Gasteiger partial charge < -0.3 is 10.2 Å². The second-order valence-corrected chi connectivity index (χ2v) is 3.91. The van der Waals surface area contributed by atoms with Gasteiger partial charge in [-0.3, -0.25) is 19.9 Å². The van der Waals surface area contributed by atoms with E-state index >= 15 is 0 Å². The molecule has 0 saturated carbocycles. The molecule has 2 aromatic heterocycles. The number of nitrogens with one attached hydrogen (secondary N) is 1. The van der Waals surface area contributed by atoms with E-state index in [1.54, 1.807) is 12.1 Å². The zero-order valence-corrected chi connectivity index (χ0v) is 10.1. The molecule has 0 spiro atoms. The van der Waals surface area contributed by atoms with Gasteiger partial charge in [0.1, 0.15) is 17.4 Å². The summed E-state index contributed by atoms with van der Waals surface area (Å²) in [6, 6.07) is 5.11. The Kier molecular flexibility index (Phi) is 3.47. The van der Waals surface area contributed by atoms with Gasteiger partial charge >= 0.3 is 11.2 Å². The average molecular weight is 275 g/mol. The van der Waals surface area contributed by atoms with Crippen molar-refractivity contribution in [1.82, 2.24) is 9.97 Å². The number of aromatic amines is 1. The molecule has 2 aromatic rings. The molecule has 3 N–H and O–H groups in total. The molecular weight excluding hydrogens is 266 g/mol. The van der Waals surface area contributed by atoms with Gasteiger partial charge in [0.25, 0.3) is 0 Å². The molecule has 0 radical (unpaired) electrons. The second kappa shape index (κ2) is 5.23. The van der Waals surface area contributed by atoms with Crippen molar-refractivity contribution in [3.63, 3.8) is 0 Å². The Hall–Kier alpha value is -3.15. The molecule has 0 amide bonds. The van der Waals surface area contributed by atoms with Gasteiger partial charge in [0.05, 0.1) is 17.3 Å². The van der Waals surface area contributed by atoms with Gasteiger partial charge in [-0.05, 0) is 12.1 Å². The molecule has 0 aliphatic heterocycles. The first-order valence-corrected chi connectivity index (χ1v) is 5.49. The maximum absolute atomic E-state index is 11.6. The van der Waals surface area contributed by atoms with Crippen LogP contribution in [0.4, 0.5) is 11.6 Å². The lowest BCUT2D eigenvalue weighted by molar-refractivity contribution is -0.387. The number of hydrogen-bond donors (Lipinski definition) is 2. The third kappa shape index (κ3) is 2.49. The number of nitro groups is 1. The highest BCUT2D eigenvalue weighted by Crippen LogP contribution is 2.25. The molecule has 0 aromatic carbocycles. The van der Waals surface area contributed by atoms with E-state index in [0.29, 0.717) is 5.76 Å². The van der Waals surface area contributed by atoms with Gasteiger partial charge in [0.15, 0.2) is 0 Å². The number of nitrogen functional groups attached to an aromatic ring is 1. The number of nitrogens with zero attached hydrogens (tertiary/aromatic N) is 3. The van der Waals surface area contributed by atoms with E-state index in [2.05, 4.69) is 4.98 Å². The van der Waals surface area contributed by atoms with Crippen LogP contribution >= 0.6 is 0 Å². The molecule has 0 aliphatic rings. The Morgan fingerprint density at radius 3 is 2.95 bits per heavy atom. The fraction of sp³-hybridized carbons (Fsp3) is 0.182. The third-order valence-electron chi connectivity index (χ3n) is 2.59. The van der Waals surface area contributed by atoms with Crippen LogP contribution in [0.1, 0.15) is 17.4 Å². The minimum absolute atomic E-state index is 0.0558. The number of H-pyrrole nitrogens is 1. The van der Waals surface area contributed by atoms with E-state index in [1.807, 2.05) is 11.1 Å². The number of rotatable bonds is 4. The smallest absolute Gasteiger partial charge is 0.356 e. The van der Waals surface area contributed by atoms with E-state index in [0.717, 1.165) is 0 Å². The van der Waals surface area contributed by atoms with Crippen molar-refractivity contribution in [3.05, 3.63) is 50.3 Å². The number of anilines is 1. The summed E-state index contributed by atoms with van der Waals surface area (Å²) in [5.74, 6) is -0.840. The SMILES string of the molecule is N#CC(Cc1ccco1)c1nc(N)[nH]c(=O)c1[N+](=O)[O-]. The first kappa shape index (κ1) is 13.3. The summed E-state index contributed by atoms with van der Waals surface area (Å²) in [6.07, 6.45) is 1.47. The maximum Gasteiger partial charge on any atom is 0.356 e. The lowest BCUT2D eigenvalue weighted by atomic mass is 10.00. The first-order valence-electron chi connectivity index (χ1n) is 5.49. The summed E-state index contributed by atoms with van der Waals surface area (Å²) in [6.45, 7) is 0. The predicted octanol–water partition coefficient (Wildman–Crippen LogP) is 0.703. The summed E-state index contributed by atoms with van der Waals surface area (Å²) >= 11 is 0. The van der Waals surface area contributed by atoms with Crippen LogP contribution in [0.2, 0.25) is 0 Å². The summed E-state index contributed by atoms with van der Waals surface area (Å²) in [5.41, 5.74) is 3.33. The summed E-state index contributed by atoms with van der Waals surface area (Å²) in [4.78, 5) is 27.4. The highest BCUT2D eigenvalue weighted by molar-refractivity contribution is 5.41. The first-order chi connectivity index (χ1) is 9.52. The molecular formula is C11H9N5O4. The van der Waals surface area contributed by atoms with Crippen molar-refractivity contribution >= 4 is 11.6 Å². The number of hydrogen-bond acceptors (Lipinski definition) is 7. The molecule has 9 nitrogen and oxygen atoms in total. The molecule has 20 heavy (non-hydrogen) atoms. The van der Waals surface area contributed by atoms with Crippen LogP contribution in [0.5, 0.6) is 0 Å². The zero-order valence-electron chi connectivity index (χ0n) is 10.1. The molecule has 1 unspecified atom stereocenters. The number of furan rings is 1. The normalized spacial score (nSPS) is 11.8. The van der Waals surface area contributed by atoms with Crippen molar-refractivity contribution < 1.29 is 9.34 Å². The van der Waals surface area contributed by atoms with Gasteiger partial charge in [-0.25, -0.2) is 4.98 Å². The molecule has 0 aliphatic carbocycles. The molecule has 102 valence electrons. The Bertz CT molecular complexity index is 728. The Morgan fingerprint density at radius 2 is 2.40 bits per heavy atom. The van der Waals surface area contributed by atoms with Crippen LogP contribution in [0.15, 0.2) is 27.6 Å². The molecule has 0 saturated heterocycles. The van der Waals surface area contributed by atoms with Crippen LogP contribution < -0.4 is 11.3 Å². The van der Waals surface area contributed by atoms with Gasteiger partial charge in [-0.2, -0.15) is 5.26 Å². The highest BCUT2D eigenvalue weighted by atomic mass is 16.6. The quantitative estimate of drug-likeness (QED) is 0.615. The third-order valence-corrected chi connectivity index (χ3v) is 2.59. The number of aromatic nitrogens is 2. The lowest BCUT2D eigenvalue weighted by Crippen LogP contribution is -2.20. The minimum atomic E-state index is -1.01. The van der Waals surface area contributed by atoms with Crippen molar-refractivity contribution in [3.8, 4) is 6.07 Å². The van der Waals surface area contributed by atoms with Gasteiger partial charge in [-0.15, -0.1) is 0 Å². The van der Waals surface area contributed by atoms with Crippen LogP contribution in [0, 0.1) is 21.4 Å².